The van der Waals surface area contributed by atoms with Gasteiger partial charge in [0.2, 0.25) is 5.56 Å². The molecule has 0 aliphatic rings. The number of aromatic amines is 2. The van der Waals surface area contributed by atoms with Gasteiger partial charge in [0.25, 0.3) is 0 Å². The minimum atomic E-state index is -3.62. The molecular weight excluding hydrogens is 334 g/mol. The van der Waals surface area contributed by atoms with Gasteiger partial charge in [-0.1, -0.05) is 0 Å². The van der Waals surface area contributed by atoms with Crippen molar-refractivity contribution in [3.8, 4) is 22.9 Å². The molecule has 0 unspecified atom stereocenters. The van der Waals surface area contributed by atoms with Crippen molar-refractivity contribution in [3.63, 3.8) is 0 Å². The van der Waals surface area contributed by atoms with Crippen molar-refractivity contribution in [2.45, 2.75) is 6.92 Å². The number of rotatable bonds is 5. The van der Waals surface area contributed by atoms with Gasteiger partial charge in [0, 0.05) is 12.1 Å². The van der Waals surface area contributed by atoms with E-state index in [-0.39, 0.29) is 17.1 Å². The Morgan fingerprint density at radius 2 is 1.96 bits per heavy atom. The Balaban J connectivity index is 2.05. The van der Waals surface area contributed by atoms with E-state index in [4.69, 9.17) is 8.92 Å². The highest BCUT2D eigenvalue weighted by molar-refractivity contribution is 7.87. The predicted octanol–water partition coefficient (Wildman–Crippen LogP) is 1.66. The minimum Gasteiger partial charge on any atom is -0.496 e. The zero-order valence-electron chi connectivity index (χ0n) is 13.0. The smallest absolute Gasteiger partial charge is 0.308 e. The summed E-state index contributed by atoms with van der Waals surface area (Å²) in [5.74, 6) is 0.893. The van der Waals surface area contributed by atoms with Gasteiger partial charge in [-0.05, 0) is 25.1 Å². The van der Waals surface area contributed by atoms with Gasteiger partial charge in [0.15, 0.2) is 5.65 Å². The Morgan fingerprint density at radius 1 is 1.17 bits per heavy atom. The second-order valence-electron chi connectivity index (χ2n) is 4.96. The van der Waals surface area contributed by atoms with Gasteiger partial charge in [-0.2, -0.15) is 8.42 Å². The largest absolute Gasteiger partial charge is 0.496 e. The van der Waals surface area contributed by atoms with Crippen molar-refractivity contribution in [2.75, 3.05) is 12.9 Å². The van der Waals surface area contributed by atoms with Gasteiger partial charge >= 0.3 is 10.1 Å². The molecule has 0 atom stereocenters. The number of pyridine rings is 1. The van der Waals surface area contributed by atoms with Gasteiger partial charge in [0.05, 0.1) is 23.9 Å². The normalized spacial score (nSPS) is 11.6. The maximum absolute atomic E-state index is 11.6. The lowest BCUT2D eigenvalue weighted by molar-refractivity contribution is 0.413. The molecule has 2 heterocycles. The monoisotopic (exact) mass is 349 g/mol. The number of benzene rings is 1. The van der Waals surface area contributed by atoms with Crippen LogP contribution in [-0.4, -0.2) is 36.2 Å². The average Bonchev–Trinajstić information content (AvgIpc) is 2.97. The number of imidazole rings is 1. The van der Waals surface area contributed by atoms with Gasteiger partial charge < -0.3 is 18.9 Å². The van der Waals surface area contributed by atoms with E-state index in [0.29, 0.717) is 28.3 Å². The zero-order valence-corrected chi connectivity index (χ0v) is 13.8. The van der Waals surface area contributed by atoms with Crippen LogP contribution in [0, 0.1) is 0 Å². The van der Waals surface area contributed by atoms with Crippen molar-refractivity contribution >= 4 is 21.3 Å². The Bertz CT molecular complexity index is 1050. The van der Waals surface area contributed by atoms with Gasteiger partial charge in [-0.25, -0.2) is 4.98 Å². The molecule has 0 aliphatic heterocycles. The van der Waals surface area contributed by atoms with Crippen LogP contribution in [0.4, 0.5) is 0 Å². The van der Waals surface area contributed by atoms with Crippen LogP contribution in [-0.2, 0) is 10.1 Å². The van der Waals surface area contributed by atoms with Crippen LogP contribution in [0.5, 0.6) is 11.5 Å². The fourth-order valence-corrected chi connectivity index (χ4v) is 2.69. The summed E-state index contributed by atoms with van der Waals surface area (Å²) in [6, 6.07) is 7.64. The van der Waals surface area contributed by atoms with Gasteiger partial charge in [-0.3, -0.25) is 4.79 Å². The van der Waals surface area contributed by atoms with Gasteiger partial charge in [0.1, 0.15) is 17.3 Å². The van der Waals surface area contributed by atoms with Crippen molar-refractivity contribution in [1.29, 1.82) is 0 Å². The maximum Gasteiger partial charge on any atom is 0.308 e. The van der Waals surface area contributed by atoms with Crippen molar-refractivity contribution in [2.24, 2.45) is 0 Å². The number of aromatic nitrogens is 3. The van der Waals surface area contributed by atoms with Crippen LogP contribution >= 0.6 is 0 Å². The highest BCUT2D eigenvalue weighted by atomic mass is 32.2. The summed E-state index contributed by atoms with van der Waals surface area (Å²) in [6.45, 7) is 1.50. The van der Waals surface area contributed by atoms with E-state index in [9.17, 15) is 13.2 Å². The molecular formula is C15H15N3O5S. The first kappa shape index (κ1) is 16.1. The first-order valence-corrected chi connectivity index (χ1v) is 8.69. The molecule has 0 bridgehead atoms. The number of H-pyrrole nitrogens is 2. The molecule has 24 heavy (non-hydrogen) atoms. The Kier molecular flexibility index (Phi) is 4.02. The van der Waals surface area contributed by atoms with Crippen LogP contribution in [0.3, 0.4) is 0 Å². The summed E-state index contributed by atoms with van der Waals surface area (Å²) < 4.78 is 33.4. The summed E-state index contributed by atoms with van der Waals surface area (Å²) in [7, 11) is -2.16. The number of fused-ring (bicyclic) bond motifs is 1. The molecule has 9 heteroatoms. The van der Waals surface area contributed by atoms with Crippen molar-refractivity contribution in [1.82, 2.24) is 15.0 Å². The third-order valence-corrected chi connectivity index (χ3v) is 4.53. The van der Waals surface area contributed by atoms with E-state index in [0.717, 1.165) is 0 Å². The molecule has 3 aromatic rings. The van der Waals surface area contributed by atoms with Crippen LogP contribution < -0.4 is 14.5 Å². The van der Waals surface area contributed by atoms with Crippen LogP contribution in [0.1, 0.15) is 6.92 Å². The van der Waals surface area contributed by atoms with E-state index < -0.39 is 10.1 Å². The second-order valence-corrected chi connectivity index (χ2v) is 6.82. The average molecular weight is 349 g/mol. The molecule has 0 fully saturated rings. The third-order valence-electron chi connectivity index (χ3n) is 3.38. The standard InChI is InChI=1S/C15H15N3O5S/c1-3-24(20,21)23-9-4-5-10(12(8-9)22-2)14-16-11-6-7-13(19)17-15(11)18-14/h4-8H,3H2,1-2H3,(H2,16,17,18,19). The minimum absolute atomic E-state index is 0.131. The summed E-state index contributed by atoms with van der Waals surface area (Å²) in [6.07, 6.45) is 0. The Hall–Kier alpha value is -2.81. The summed E-state index contributed by atoms with van der Waals surface area (Å²) in [5.41, 5.74) is 1.45. The molecule has 0 saturated heterocycles. The number of methoxy groups -OCH3 is 1. The zero-order chi connectivity index (χ0) is 17.3. The molecule has 0 saturated carbocycles. The number of nitrogens with one attached hydrogen (secondary N) is 2. The highest BCUT2D eigenvalue weighted by Gasteiger charge is 2.15. The van der Waals surface area contributed by atoms with E-state index in [1.807, 2.05) is 0 Å². The Labute approximate surface area is 137 Å². The molecule has 126 valence electrons. The second kappa shape index (κ2) is 6.00. The number of ether oxygens (including phenoxy) is 1. The topological polar surface area (TPSA) is 114 Å². The first-order valence-electron chi connectivity index (χ1n) is 7.11. The molecule has 0 radical (unpaired) electrons. The van der Waals surface area contributed by atoms with Crippen LogP contribution in [0.2, 0.25) is 0 Å². The van der Waals surface area contributed by atoms with Crippen LogP contribution in [0.25, 0.3) is 22.6 Å². The lowest BCUT2D eigenvalue weighted by Crippen LogP contribution is -2.11. The molecule has 3 rings (SSSR count). The first-order chi connectivity index (χ1) is 11.4. The Morgan fingerprint density at radius 3 is 2.67 bits per heavy atom. The SMILES string of the molecule is CCS(=O)(=O)Oc1ccc(-c2nc3[nH]c(=O)ccc3[nH]2)c(OC)c1. The highest BCUT2D eigenvalue weighted by Crippen LogP contribution is 2.32. The molecule has 2 N–H and O–H groups in total. The van der Waals surface area contributed by atoms with E-state index in [2.05, 4.69) is 15.0 Å². The fourth-order valence-electron chi connectivity index (χ4n) is 2.17. The summed E-state index contributed by atoms with van der Waals surface area (Å²) in [5, 5.41) is 0. The fraction of sp³-hybridized carbons (Fsp3) is 0.200. The summed E-state index contributed by atoms with van der Waals surface area (Å²) in [4.78, 5) is 21.4. The van der Waals surface area contributed by atoms with E-state index in [1.54, 1.807) is 12.1 Å². The van der Waals surface area contributed by atoms with E-state index in [1.165, 1.54) is 32.2 Å². The number of nitrogens with zero attached hydrogens (tertiary/aromatic N) is 1. The maximum atomic E-state index is 11.6. The number of hydrogen-bond acceptors (Lipinski definition) is 6. The molecule has 1 aromatic carbocycles. The molecule has 2 aromatic heterocycles. The van der Waals surface area contributed by atoms with Crippen molar-refractivity contribution < 1.29 is 17.3 Å². The third kappa shape index (κ3) is 3.11. The lowest BCUT2D eigenvalue weighted by Gasteiger charge is -2.09. The van der Waals surface area contributed by atoms with Crippen LogP contribution in [0.15, 0.2) is 35.1 Å². The lowest BCUT2D eigenvalue weighted by atomic mass is 10.2. The summed E-state index contributed by atoms with van der Waals surface area (Å²) >= 11 is 0. The van der Waals surface area contributed by atoms with Crippen molar-refractivity contribution in [3.05, 3.63) is 40.7 Å². The molecule has 8 nitrogen and oxygen atoms in total. The van der Waals surface area contributed by atoms with Gasteiger partial charge in [-0.15, -0.1) is 0 Å². The predicted molar refractivity (Wildman–Crippen MR) is 88.8 cm³/mol. The quantitative estimate of drug-likeness (QED) is 0.677. The molecule has 0 spiro atoms. The molecule has 0 aliphatic carbocycles. The molecule has 0 amide bonds. The number of hydrogen-bond donors (Lipinski definition) is 2. The van der Waals surface area contributed by atoms with E-state index >= 15 is 0 Å².